The van der Waals surface area contributed by atoms with Crippen LogP contribution >= 0.6 is 0 Å². The minimum atomic E-state index is -1.33. The Kier molecular flexibility index (Phi) is 3.60. The highest BCUT2D eigenvalue weighted by Crippen LogP contribution is 2.21. The Morgan fingerprint density at radius 1 is 1.23 bits per heavy atom. The van der Waals surface area contributed by atoms with Crippen LogP contribution in [0.5, 0.6) is 0 Å². The summed E-state index contributed by atoms with van der Waals surface area (Å²) < 4.78 is 9.50. The Hall–Kier alpha value is -0.240. The molecule has 1 aliphatic heterocycles. The third kappa shape index (κ3) is 1.98. The van der Waals surface area contributed by atoms with Crippen molar-refractivity contribution in [2.75, 3.05) is 13.7 Å². The van der Waals surface area contributed by atoms with Crippen molar-refractivity contribution in [2.45, 2.75) is 30.7 Å². The van der Waals surface area contributed by atoms with Crippen LogP contribution in [0.15, 0.2) is 0 Å². The Morgan fingerprint density at radius 2 is 1.85 bits per heavy atom. The average molecular weight is 194 g/mol. The fourth-order valence-corrected chi connectivity index (χ4v) is 1.33. The van der Waals surface area contributed by atoms with Crippen LogP contribution < -0.4 is 0 Å². The van der Waals surface area contributed by atoms with Gasteiger partial charge >= 0.3 is 0 Å². The van der Waals surface area contributed by atoms with E-state index in [4.69, 9.17) is 14.6 Å². The van der Waals surface area contributed by atoms with E-state index in [9.17, 15) is 15.3 Å². The molecule has 6 nitrogen and oxygen atoms in total. The van der Waals surface area contributed by atoms with Crippen LogP contribution in [0.25, 0.3) is 0 Å². The van der Waals surface area contributed by atoms with Crippen LogP contribution in [0.3, 0.4) is 0 Å². The molecule has 0 amide bonds. The van der Waals surface area contributed by atoms with Gasteiger partial charge in [-0.15, -0.1) is 0 Å². The van der Waals surface area contributed by atoms with E-state index in [0.717, 1.165) is 0 Å². The van der Waals surface area contributed by atoms with Crippen molar-refractivity contribution in [1.29, 1.82) is 0 Å². The van der Waals surface area contributed by atoms with Gasteiger partial charge in [-0.2, -0.15) is 0 Å². The molecule has 0 aliphatic carbocycles. The molecule has 0 saturated carbocycles. The molecule has 0 aromatic carbocycles. The van der Waals surface area contributed by atoms with Gasteiger partial charge in [-0.3, -0.25) is 0 Å². The molecule has 0 spiro atoms. The molecule has 0 aromatic rings. The first-order chi connectivity index (χ1) is 6.11. The number of methoxy groups -OCH3 is 1. The summed E-state index contributed by atoms with van der Waals surface area (Å²) in [4.78, 5) is 0. The zero-order valence-corrected chi connectivity index (χ0v) is 7.20. The first-order valence-electron chi connectivity index (χ1n) is 3.95. The lowest BCUT2D eigenvalue weighted by atomic mass is 9.99. The number of aliphatic hydroxyl groups is 4. The van der Waals surface area contributed by atoms with Gasteiger partial charge in [0.15, 0.2) is 6.29 Å². The van der Waals surface area contributed by atoms with Crippen LogP contribution in [0.1, 0.15) is 0 Å². The molecule has 13 heavy (non-hydrogen) atoms. The molecule has 78 valence electrons. The molecule has 0 aromatic heterocycles. The summed E-state index contributed by atoms with van der Waals surface area (Å²) in [6.07, 6.45) is -5.81. The summed E-state index contributed by atoms with van der Waals surface area (Å²) in [5.41, 5.74) is 0. The van der Waals surface area contributed by atoms with E-state index < -0.39 is 37.3 Å². The molecular weight excluding hydrogens is 180 g/mol. The van der Waals surface area contributed by atoms with E-state index in [1.165, 1.54) is 7.11 Å². The third-order valence-electron chi connectivity index (χ3n) is 2.11. The number of rotatable bonds is 2. The number of hydrogen-bond donors (Lipinski definition) is 4. The quantitative estimate of drug-likeness (QED) is 0.386. The zero-order chi connectivity index (χ0) is 10.0. The molecule has 0 unspecified atom stereocenters. The Bertz CT molecular complexity index is 163. The molecule has 1 heterocycles. The lowest BCUT2D eigenvalue weighted by molar-refractivity contribution is -0.291. The number of aliphatic hydroxyl groups excluding tert-OH is 4. The van der Waals surface area contributed by atoms with Crippen LogP contribution in [-0.4, -0.2) is 64.8 Å². The lowest BCUT2D eigenvalue weighted by Gasteiger charge is -2.39. The van der Waals surface area contributed by atoms with Crippen molar-refractivity contribution in [3.63, 3.8) is 0 Å². The summed E-state index contributed by atoms with van der Waals surface area (Å²) in [6.45, 7) is -0.467. The molecule has 0 radical (unpaired) electrons. The van der Waals surface area contributed by atoms with Gasteiger partial charge in [0.25, 0.3) is 0 Å². The number of ether oxygens (including phenoxy) is 2. The van der Waals surface area contributed by atoms with Gasteiger partial charge in [-0.1, -0.05) is 0 Å². The van der Waals surface area contributed by atoms with Crippen molar-refractivity contribution in [3.05, 3.63) is 0 Å². The van der Waals surface area contributed by atoms with Crippen molar-refractivity contribution < 1.29 is 29.9 Å². The lowest BCUT2D eigenvalue weighted by Crippen LogP contribution is -2.59. The van der Waals surface area contributed by atoms with Gasteiger partial charge in [-0.25, -0.2) is 0 Å². The highest BCUT2D eigenvalue weighted by molar-refractivity contribution is 4.88. The molecule has 0 bridgehead atoms. The smallest absolute Gasteiger partial charge is 0.184 e. The second-order valence-electron chi connectivity index (χ2n) is 2.93. The molecular formula is C7H14O6. The zero-order valence-electron chi connectivity index (χ0n) is 7.20. The van der Waals surface area contributed by atoms with Gasteiger partial charge in [0.05, 0.1) is 6.61 Å². The van der Waals surface area contributed by atoms with E-state index in [0.29, 0.717) is 0 Å². The van der Waals surface area contributed by atoms with Gasteiger partial charge < -0.3 is 29.9 Å². The van der Waals surface area contributed by atoms with E-state index >= 15 is 0 Å². The van der Waals surface area contributed by atoms with Gasteiger partial charge in [0.1, 0.15) is 24.4 Å². The number of hydrogen-bond acceptors (Lipinski definition) is 6. The van der Waals surface area contributed by atoms with Crippen LogP contribution in [0, 0.1) is 0 Å². The summed E-state index contributed by atoms with van der Waals surface area (Å²) in [6, 6.07) is 0. The highest BCUT2D eigenvalue weighted by atomic mass is 16.7. The van der Waals surface area contributed by atoms with E-state index in [1.807, 2.05) is 0 Å². The molecule has 1 aliphatic rings. The fraction of sp³-hybridized carbons (Fsp3) is 1.00. The standard InChI is InChI=1S/C7H14O6/c1-12-6-5(10)4(9)3(2-8)13-7(6)11/h3-11H,2H2,1H3/t3-,4-,5-,6-,7-/m1/s1. The summed E-state index contributed by atoms with van der Waals surface area (Å²) in [5, 5.41) is 36.7. The van der Waals surface area contributed by atoms with Gasteiger partial charge in [-0.05, 0) is 0 Å². The predicted molar refractivity (Wildman–Crippen MR) is 40.8 cm³/mol. The molecule has 5 atom stereocenters. The second-order valence-corrected chi connectivity index (χ2v) is 2.93. The summed E-state index contributed by atoms with van der Waals surface area (Å²) in [5.74, 6) is 0. The Morgan fingerprint density at radius 3 is 2.31 bits per heavy atom. The van der Waals surface area contributed by atoms with E-state index in [-0.39, 0.29) is 0 Å². The van der Waals surface area contributed by atoms with Gasteiger partial charge in [0.2, 0.25) is 0 Å². The monoisotopic (exact) mass is 194 g/mol. The second kappa shape index (κ2) is 4.32. The average Bonchev–Trinajstić information content (AvgIpc) is 2.12. The molecule has 1 saturated heterocycles. The maximum Gasteiger partial charge on any atom is 0.184 e. The van der Waals surface area contributed by atoms with E-state index in [1.54, 1.807) is 0 Å². The fourth-order valence-electron chi connectivity index (χ4n) is 1.33. The minimum absolute atomic E-state index is 0.467. The van der Waals surface area contributed by atoms with Crippen LogP contribution in [0.4, 0.5) is 0 Å². The largest absolute Gasteiger partial charge is 0.394 e. The SMILES string of the molecule is CO[C@@H]1[C@H](O)[C@H](O)[C@@H](CO)O[C@H]1O. The maximum atomic E-state index is 9.38. The van der Waals surface area contributed by atoms with E-state index in [2.05, 4.69) is 0 Å². The molecule has 1 fully saturated rings. The van der Waals surface area contributed by atoms with Crippen molar-refractivity contribution in [2.24, 2.45) is 0 Å². The summed E-state index contributed by atoms with van der Waals surface area (Å²) >= 11 is 0. The molecule has 6 heteroatoms. The Labute approximate surface area is 75.3 Å². The predicted octanol–water partition coefficient (Wildman–Crippen LogP) is -2.57. The van der Waals surface area contributed by atoms with Crippen molar-refractivity contribution in [1.82, 2.24) is 0 Å². The van der Waals surface area contributed by atoms with Crippen LogP contribution in [0.2, 0.25) is 0 Å². The maximum absolute atomic E-state index is 9.38. The van der Waals surface area contributed by atoms with Crippen LogP contribution in [-0.2, 0) is 9.47 Å². The van der Waals surface area contributed by atoms with Crippen molar-refractivity contribution in [3.8, 4) is 0 Å². The normalized spacial score (nSPS) is 46.4. The van der Waals surface area contributed by atoms with Gasteiger partial charge in [0, 0.05) is 7.11 Å². The topological polar surface area (TPSA) is 99.4 Å². The third-order valence-corrected chi connectivity index (χ3v) is 2.11. The molecule has 1 rings (SSSR count). The molecule has 4 N–H and O–H groups in total. The first-order valence-corrected chi connectivity index (χ1v) is 3.95. The Balaban J connectivity index is 2.66. The van der Waals surface area contributed by atoms with Crippen molar-refractivity contribution >= 4 is 0 Å². The summed E-state index contributed by atoms with van der Waals surface area (Å²) in [7, 11) is 1.28. The minimum Gasteiger partial charge on any atom is -0.394 e. The highest BCUT2D eigenvalue weighted by Gasteiger charge is 2.43. The first kappa shape index (κ1) is 10.8.